The van der Waals surface area contributed by atoms with E-state index in [2.05, 4.69) is 11.0 Å². The van der Waals surface area contributed by atoms with Gasteiger partial charge in [-0.3, -0.25) is 0 Å². The number of thioether (sulfide) groups is 1. The Morgan fingerprint density at radius 3 is 2.72 bits per heavy atom. The lowest BCUT2D eigenvalue weighted by molar-refractivity contribution is -0.111. The molecule has 0 unspecified atom stereocenters. The summed E-state index contributed by atoms with van der Waals surface area (Å²) >= 11 is 1.60. The molecule has 0 N–H and O–H groups in total. The minimum absolute atomic E-state index is 0.190. The summed E-state index contributed by atoms with van der Waals surface area (Å²) in [5, 5.41) is 9.31. The van der Waals surface area contributed by atoms with Crippen molar-refractivity contribution < 1.29 is 4.79 Å². The average molecular weight is 260 g/mol. The topological polar surface area (TPSA) is 44.1 Å². The van der Waals surface area contributed by atoms with Gasteiger partial charge in [-0.15, -0.1) is 11.8 Å². The third kappa shape index (κ3) is 2.51. The van der Waals surface area contributed by atoms with Gasteiger partial charge in [0.15, 0.2) is 0 Å². The quantitative estimate of drug-likeness (QED) is 0.619. The van der Waals surface area contributed by atoms with Crippen LogP contribution in [0.25, 0.3) is 0 Å². The predicted octanol–water partition coefficient (Wildman–Crippen LogP) is 2.70. The second-order valence-corrected chi connectivity index (χ2v) is 5.27. The highest BCUT2D eigenvalue weighted by Crippen LogP contribution is 2.31. The van der Waals surface area contributed by atoms with Crippen molar-refractivity contribution in [3.8, 4) is 6.07 Å². The van der Waals surface area contributed by atoms with Gasteiger partial charge in [-0.05, 0) is 31.2 Å². The Morgan fingerprint density at radius 1 is 1.44 bits per heavy atom. The number of benzene rings is 1. The van der Waals surface area contributed by atoms with Crippen LogP contribution in [-0.2, 0) is 4.79 Å². The van der Waals surface area contributed by atoms with Crippen molar-refractivity contribution in [2.75, 3.05) is 24.2 Å². The molecule has 0 amide bonds. The van der Waals surface area contributed by atoms with E-state index in [1.807, 2.05) is 24.5 Å². The van der Waals surface area contributed by atoms with Gasteiger partial charge in [0, 0.05) is 23.9 Å². The zero-order chi connectivity index (χ0) is 13.0. The monoisotopic (exact) mass is 260 g/mol. The number of nitrogens with zero attached hydrogens (tertiary/aromatic N) is 2. The van der Waals surface area contributed by atoms with Gasteiger partial charge in [0.05, 0.1) is 11.3 Å². The van der Waals surface area contributed by atoms with E-state index < -0.39 is 0 Å². The number of rotatable bonds is 3. The molecular formula is C14H16N2OS. The molecule has 1 aliphatic rings. The van der Waals surface area contributed by atoms with E-state index in [9.17, 15) is 10.1 Å². The zero-order valence-corrected chi connectivity index (χ0v) is 11.2. The Hall–Kier alpha value is -1.47. The fourth-order valence-electron chi connectivity index (χ4n) is 2.34. The molecule has 0 radical (unpaired) electrons. The van der Waals surface area contributed by atoms with Crippen LogP contribution in [-0.4, -0.2) is 25.6 Å². The summed E-state index contributed by atoms with van der Waals surface area (Å²) in [4.78, 5) is 14.0. The Labute approximate surface area is 112 Å². The summed E-state index contributed by atoms with van der Waals surface area (Å²) in [6.45, 7) is 1.71. The van der Waals surface area contributed by atoms with Crippen LogP contribution in [0.1, 0.15) is 18.4 Å². The summed E-state index contributed by atoms with van der Waals surface area (Å²) in [7, 11) is 0. The van der Waals surface area contributed by atoms with Gasteiger partial charge in [-0.25, -0.2) is 0 Å². The summed E-state index contributed by atoms with van der Waals surface area (Å²) in [5.41, 5.74) is 1.77. The van der Waals surface area contributed by atoms with Crippen molar-refractivity contribution in [3.05, 3.63) is 23.8 Å². The molecule has 3 nitrogen and oxygen atoms in total. The number of carbonyl (C=O) groups excluding carboxylic acids is 1. The Kier molecular flexibility index (Phi) is 4.27. The molecule has 0 saturated carbocycles. The number of piperidine rings is 1. The van der Waals surface area contributed by atoms with Crippen LogP contribution in [0, 0.1) is 17.2 Å². The first-order valence-electron chi connectivity index (χ1n) is 6.07. The van der Waals surface area contributed by atoms with Crippen LogP contribution >= 0.6 is 11.8 Å². The van der Waals surface area contributed by atoms with Gasteiger partial charge in [-0.1, -0.05) is 6.07 Å². The van der Waals surface area contributed by atoms with Crippen molar-refractivity contribution in [3.63, 3.8) is 0 Å². The first-order valence-corrected chi connectivity index (χ1v) is 7.30. The maximum Gasteiger partial charge on any atom is 0.123 e. The summed E-state index contributed by atoms with van der Waals surface area (Å²) in [5.74, 6) is 0.190. The van der Waals surface area contributed by atoms with Gasteiger partial charge in [0.1, 0.15) is 12.4 Å². The first-order chi connectivity index (χ1) is 8.80. The van der Waals surface area contributed by atoms with E-state index in [-0.39, 0.29) is 5.92 Å². The van der Waals surface area contributed by atoms with Crippen LogP contribution in [0.2, 0.25) is 0 Å². The van der Waals surface area contributed by atoms with Crippen molar-refractivity contribution in [2.45, 2.75) is 17.7 Å². The molecule has 0 bridgehead atoms. The SMILES string of the molecule is CSc1cccc(N2CCC(C=O)CC2)c1C#N. The standard InChI is InChI=1S/C14H16N2OS/c1-18-14-4-2-3-13(12(14)9-15)16-7-5-11(10-17)6-8-16/h2-4,10-11H,5-8H2,1H3. The molecular weight excluding hydrogens is 244 g/mol. The highest BCUT2D eigenvalue weighted by Gasteiger charge is 2.21. The Balaban J connectivity index is 2.24. The van der Waals surface area contributed by atoms with Gasteiger partial charge < -0.3 is 9.69 Å². The number of aldehydes is 1. The number of hydrogen-bond acceptors (Lipinski definition) is 4. The molecule has 2 rings (SSSR count). The van der Waals surface area contributed by atoms with E-state index in [4.69, 9.17) is 0 Å². The van der Waals surface area contributed by atoms with E-state index in [0.717, 1.165) is 48.4 Å². The smallest absolute Gasteiger partial charge is 0.123 e. The molecule has 1 aromatic rings. The molecule has 0 aromatic heterocycles. The molecule has 1 aromatic carbocycles. The van der Waals surface area contributed by atoms with Crippen LogP contribution in [0.5, 0.6) is 0 Å². The van der Waals surface area contributed by atoms with Gasteiger partial charge in [0.2, 0.25) is 0 Å². The van der Waals surface area contributed by atoms with Crippen molar-refractivity contribution in [1.82, 2.24) is 0 Å². The fourth-order valence-corrected chi connectivity index (χ4v) is 2.91. The Morgan fingerprint density at radius 2 is 2.17 bits per heavy atom. The second kappa shape index (κ2) is 5.92. The molecule has 94 valence electrons. The lowest BCUT2D eigenvalue weighted by atomic mass is 9.97. The largest absolute Gasteiger partial charge is 0.370 e. The minimum Gasteiger partial charge on any atom is -0.370 e. The van der Waals surface area contributed by atoms with Gasteiger partial charge >= 0.3 is 0 Å². The zero-order valence-electron chi connectivity index (χ0n) is 10.4. The predicted molar refractivity (Wildman–Crippen MR) is 73.9 cm³/mol. The highest BCUT2D eigenvalue weighted by atomic mass is 32.2. The third-order valence-electron chi connectivity index (χ3n) is 3.41. The molecule has 4 heteroatoms. The number of carbonyl (C=O) groups is 1. The summed E-state index contributed by atoms with van der Waals surface area (Å²) in [6.07, 6.45) is 4.81. The normalized spacial score (nSPS) is 16.3. The third-order valence-corrected chi connectivity index (χ3v) is 4.19. The maximum atomic E-state index is 10.8. The highest BCUT2D eigenvalue weighted by molar-refractivity contribution is 7.98. The van der Waals surface area contributed by atoms with Crippen molar-refractivity contribution in [1.29, 1.82) is 5.26 Å². The van der Waals surface area contributed by atoms with Gasteiger partial charge in [0.25, 0.3) is 0 Å². The fraction of sp³-hybridized carbons (Fsp3) is 0.429. The lowest BCUT2D eigenvalue weighted by Gasteiger charge is -2.32. The van der Waals surface area contributed by atoms with Crippen LogP contribution in [0.4, 0.5) is 5.69 Å². The van der Waals surface area contributed by atoms with Crippen molar-refractivity contribution >= 4 is 23.7 Å². The van der Waals surface area contributed by atoms with Crippen LogP contribution < -0.4 is 4.90 Å². The molecule has 1 fully saturated rings. The molecule has 1 heterocycles. The number of anilines is 1. The molecule has 0 atom stereocenters. The maximum absolute atomic E-state index is 10.8. The van der Waals surface area contributed by atoms with E-state index >= 15 is 0 Å². The van der Waals surface area contributed by atoms with Gasteiger partial charge in [-0.2, -0.15) is 5.26 Å². The second-order valence-electron chi connectivity index (χ2n) is 4.43. The minimum atomic E-state index is 0.190. The van der Waals surface area contributed by atoms with E-state index in [1.165, 1.54) is 0 Å². The molecule has 18 heavy (non-hydrogen) atoms. The molecule has 1 aliphatic heterocycles. The first kappa shape index (κ1) is 13.0. The van der Waals surface area contributed by atoms with Crippen molar-refractivity contribution in [2.24, 2.45) is 5.92 Å². The lowest BCUT2D eigenvalue weighted by Crippen LogP contribution is -2.34. The van der Waals surface area contributed by atoms with Crippen LogP contribution in [0.15, 0.2) is 23.1 Å². The number of hydrogen-bond donors (Lipinski definition) is 0. The van der Waals surface area contributed by atoms with E-state index in [1.54, 1.807) is 11.8 Å². The molecule has 0 aliphatic carbocycles. The molecule has 0 spiro atoms. The Bertz CT molecular complexity index is 473. The number of nitriles is 1. The van der Waals surface area contributed by atoms with Crippen LogP contribution in [0.3, 0.4) is 0 Å². The van der Waals surface area contributed by atoms with E-state index in [0.29, 0.717) is 0 Å². The summed E-state index contributed by atoms with van der Waals surface area (Å²) in [6, 6.07) is 8.28. The average Bonchev–Trinajstić information content (AvgIpc) is 2.46. The summed E-state index contributed by atoms with van der Waals surface area (Å²) < 4.78 is 0. The molecule has 1 saturated heterocycles.